The van der Waals surface area contributed by atoms with Gasteiger partial charge in [0.25, 0.3) is 0 Å². The number of ether oxygens (including phenoxy) is 2. The van der Waals surface area contributed by atoms with Gasteiger partial charge in [0.2, 0.25) is 0 Å². The molecule has 112 valence electrons. The van der Waals surface area contributed by atoms with Gasteiger partial charge in [-0.25, -0.2) is 0 Å². The van der Waals surface area contributed by atoms with Crippen LogP contribution >= 0.6 is 31.9 Å². The molecule has 1 aliphatic heterocycles. The van der Waals surface area contributed by atoms with Gasteiger partial charge in [0.1, 0.15) is 5.75 Å². The summed E-state index contributed by atoms with van der Waals surface area (Å²) in [4.78, 5) is 0. The molecule has 1 atom stereocenters. The van der Waals surface area contributed by atoms with E-state index in [0.29, 0.717) is 6.61 Å². The smallest absolute Gasteiger partial charge is 0.147 e. The molecular formula is C15H21Br2NO2. The largest absolute Gasteiger partial charge is 0.492 e. The van der Waals surface area contributed by atoms with Crippen molar-refractivity contribution in [2.45, 2.75) is 26.3 Å². The predicted molar refractivity (Wildman–Crippen MR) is 88.3 cm³/mol. The first kappa shape index (κ1) is 16.3. The van der Waals surface area contributed by atoms with E-state index >= 15 is 0 Å². The van der Waals surface area contributed by atoms with Crippen molar-refractivity contribution in [3.05, 3.63) is 26.6 Å². The molecule has 1 heterocycles. The fourth-order valence-corrected chi connectivity index (χ4v) is 3.86. The van der Waals surface area contributed by atoms with E-state index in [-0.39, 0.29) is 0 Å². The summed E-state index contributed by atoms with van der Waals surface area (Å²) < 4.78 is 13.0. The number of hydrogen-bond donors (Lipinski definition) is 1. The molecule has 2 rings (SSSR count). The molecule has 5 heteroatoms. The fraction of sp³-hybridized carbons (Fsp3) is 0.600. The number of halogens is 2. The van der Waals surface area contributed by atoms with Gasteiger partial charge in [-0.05, 0) is 81.8 Å². The van der Waals surface area contributed by atoms with Gasteiger partial charge >= 0.3 is 0 Å². The summed E-state index contributed by atoms with van der Waals surface area (Å²) in [5.74, 6) is 1.61. The molecule has 20 heavy (non-hydrogen) atoms. The predicted octanol–water partition coefficient (Wildman–Crippen LogP) is 4.13. The van der Waals surface area contributed by atoms with Gasteiger partial charge in [-0.3, -0.25) is 0 Å². The molecule has 0 aliphatic carbocycles. The maximum absolute atomic E-state index is 5.59. The van der Waals surface area contributed by atoms with Crippen LogP contribution in [0.5, 0.6) is 5.75 Å². The Morgan fingerprint density at radius 3 is 2.70 bits per heavy atom. The number of benzene rings is 1. The molecule has 0 spiro atoms. The molecule has 1 fully saturated rings. The second-order valence-corrected chi connectivity index (χ2v) is 6.73. The van der Waals surface area contributed by atoms with Crippen LogP contribution in [-0.4, -0.2) is 26.4 Å². The first-order valence-electron chi connectivity index (χ1n) is 7.10. The highest BCUT2D eigenvalue weighted by Gasteiger charge is 2.14. The molecule has 0 radical (unpaired) electrons. The summed E-state index contributed by atoms with van der Waals surface area (Å²) >= 11 is 7.13. The van der Waals surface area contributed by atoms with Crippen LogP contribution in [0.2, 0.25) is 0 Å². The zero-order chi connectivity index (χ0) is 14.4. The Hall–Kier alpha value is -0.100. The average Bonchev–Trinajstić information content (AvgIpc) is 2.92. The van der Waals surface area contributed by atoms with Crippen molar-refractivity contribution in [3.63, 3.8) is 0 Å². The van der Waals surface area contributed by atoms with Gasteiger partial charge in [0.05, 0.1) is 15.6 Å². The molecule has 0 aromatic heterocycles. The van der Waals surface area contributed by atoms with Crippen LogP contribution in [0.25, 0.3) is 0 Å². The summed E-state index contributed by atoms with van der Waals surface area (Å²) in [6.45, 7) is 6.43. The minimum Gasteiger partial charge on any atom is -0.492 e. The lowest BCUT2D eigenvalue weighted by molar-refractivity contribution is 0.184. The molecule has 0 bridgehead atoms. The molecule has 1 aromatic carbocycles. The van der Waals surface area contributed by atoms with Gasteiger partial charge < -0.3 is 14.8 Å². The van der Waals surface area contributed by atoms with Crippen molar-refractivity contribution in [1.29, 1.82) is 0 Å². The summed E-state index contributed by atoms with van der Waals surface area (Å²) in [7, 11) is 0. The first-order chi connectivity index (χ1) is 9.70. The Morgan fingerprint density at radius 1 is 1.35 bits per heavy atom. The molecule has 1 N–H and O–H groups in total. The topological polar surface area (TPSA) is 30.5 Å². The van der Waals surface area contributed by atoms with E-state index in [0.717, 1.165) is 46.9 Å². The highest BCUT2D eigenvalue weighted by molar-refractivity contribution is 9.11. The Kier molecular flexibility index (Phi) is 6.81. The maximum atomic E-state index is 5.59. The van der Waals surface area contributed by atoms with Crippen LogP contribution in [0.1, 0.15) is 25.3 Å². The monoisotopic (exact) mass is 405 g/mol. The van der Waals surface area contributed by atoms with E-state index in [4.69, 9.17) is 9.47 Å². The molecule has 3 nitrogen and oxygen atoms in total. The van der Waals surface area contributed by atoms with Crippen molar-refractivity contribution in [1.82, 2.24) is 5.32 Å². The van der Waals surface area contributed by atoms with Crippen molar-refractivity contribution in [3.8, 4) is 5.75 Å². The van der Waals surface area contributed by atoms with Gasteiger partial charge in [-0.15, -0.1) is 0 Å². The third-order valence-electron chi connectivity index (χ3n) is 3.43. The quantitative estimate of drug-likeness (QED) is 0.690. The second-order valence-electron chi connectivity index (χ2n) is 5.02. The highest BCUT2D eigenvalue weighted by atomic mass is 79.9. The minimum absolute atomic E-state index is 0.665. The average molecular weight is 407 g/mol. The normalized spacial score (nSPS) is 18.4. The zero-order valence-electron chi connectivity index (χ0n) is 11.8. The minimum atomic E-state index is 0.665. The standard InChI is InChI=1S/C15H21Br2NO2/c1-2-20-15-13(16)7-12(8-14(15)17)9-18-5-3-11-4-6-19-10-11/h7-8,11,18H,2-6,9-10H2,1H3. The Bertz CT molecular complexity index is 411. The van der Waals surface area contributed by atoms with Crippen LogP contribution in [0.3, 0.4) is 0 Å². The lowest BCUT2D eigenvalue weighted by Gasteiger charge is -2.12. The third kappa shape index (κ3) is 4.72. The lowest BCUT2D eigenvalue weighted by Crippen LogP contribution is -2.18. The molecule has 1 saturated heterocycles. The Labute approximate surface area is 137 Å². The van der Waals surface area contributed by atoms with Crippen molar-refractivity contribution >= 4 is 31.9 Å². The van der Waals surface area contributed by atoms with Crippen molar-refractivity contribution in [2.24, 2.45) is 5.92 Å². The van der Waals surface area contributed by atoms with Crippen LogP contribution < -0.4 is 10.1 Å². The Morgan fingerprint density at radius 2 is 2.10 bits per heavy atom. The van der Waals surface area contributed by atoms with Gasteiger partial charge in [-0.1, -0.05) is 0 Å². The summed E-state index contributed by atoms with van der Waals surface area (Å²) in [5.41, 5.74) is 1.25. The Balaban J connectivity index is 1.80. The highest BCUT2D eigenvalue weighted by Crippen LogP contribution is 2.34. The SMILES string of the molecule is CCOc1c(Br)cc(CNCCC2CCOC2)cc1Br. The summed E-state index contributed by atoms with van der Waals surface area (Å²) in [6.07, 6.45) is 2.40. The van der Waals surface area contributed by atoms with Crippen molar-refractivity contribution in [2.75, 3.05) is 26.4 Å². The first-order valence-corrected chi connectivity index (χ1v) is 8.68. The third-order valence-corrected chi connectivity index (χ3v) is 4.61. The van der Waals surface area contributed by atoms with E-state index in [2.05, 4.69) is 49.3 Å². The summed E-state index contributed by atoms with van der Waals surface area (Å²) in [5, 5.41) is 3.50. The van der Waals surface area contributed by atoms with Gasteiger partial charge in [0, 0.05) is 19.8 Å². The molecular weight excluding hydrogens is 386 g/mol. The molecule has 0 saturated carbocycles. The van der Waals surface area contributed by atoms with Crippen LogP contribution in [0.15, 0.2) is 21.1 Å². The molecule has 1 aromatic rings. The lowest BCUT2D eigenvalue weighted by atomic mass is 10.1. The second kappa shape index (κ2) is 8.37. The number of rotatable bonds is 7. The number of nitrogens with one attached hydrogen (secondary N) is 1. The van der Waals surface area contributed by atoms with Crippen molar-refractivity contribution < 1.29 is 9.47 Å². The molecule has 0 amide bonds. The van der Waals surface area contributed by atoms with E-state index in [1.165, 1.54) is 18.4 Å². The maximum Gasteiger partial charge on any atom is 0.147 e. The molecule has 1 unspecified atom stereocenters. The van der Waals surface area contributed by atoms with Gasteiger partial charge in [-0.2, -0.15) is 0 Å². The van der Waals surface area contributed by atoms with Crippen LogP contribution in [-0.2, 0) is 11.3 Å². The van der Waals surface area contributed by atoms with E-state index in [1.807, 2.05) is 6.92 Å². The molecule has 1 aliphatic rings. The van der Waals surface area contributed by atoms with Crippen LogP contribution in [0, 0.1) is 5.92 Å². The van der Waals surface area contributed by atoms with E-state index in [1.54, 1.807) is 0 Å². The fourth-order valence-electron chi connectivity index (χ4n) is 2.35. The van der Waals surface area contributed by atoms with E-state index < -0.39 is 0 Å². The zero-order valence-corrected chi connectivity index (χ0v) is 14.9. The van der Waals surface area contributed by atoms with E-state index in [9.17, 15) is 0 Å². The number of hydrogen-bond acceptors (Lipinski definition) is 3. The summed E-state index contributed by atoms with van der Waals surface area (Å²) in [6, 6.07) is 4.23. The van der Waals surface area contributed by atoms with Crippen LogP contribution in [0.4, 0.5) is 0 Å². The van der Waals surface area contributed by atoms with Gasteiger partial charge in [0.15, 0.2) is 0 Å².